The second kappa shape index (κ2) is 10.2. The molecule has 0 fully saturated rings. The lowest BCUT2D eigenvalue weighted by molar-refractivity contribution is -0.160. The molecule has 0 bridgehead atoms. The summed E-state index contributed by atoms with van der Waals surface area (Å²) in [7, 11) is 1.40. The Kier molecular flexibility index (Phi) is 7.66. The number of hydrogen-bond acceptors (Lipinski definition) is 7. The van der Waals surface area contributed by atoms with Crippen molar-refractivity contribution in [1.29, 1.82) is 0 Å². The fourth-order valence-corrected chi connectivity index (χ4v) is 4.07. The third-order valence-electron chi connectivity index (χ3n) is 3.59. The summed E-state index contributed by atoms with van der Waals surface area (Å²) in [6.45, 7) is 0.468. The zero-order valence-corrected chi connectivity index (χ0v) is 17.8. The molecule has 3 aromatic rings. The van der Waals surface area contributed by atoms with E-state index in [-0.39, 0.29) is 5.91 Å². The van der Waals surface area contributed by atoms with E-state index in [1.807, 2.05) is 12.1 Å². The molecule has 28 heavy (non-hydrogen) atoms. The molecule has 146 valence electrons. The Morgan fingerprint density at radius 2 is 2.11 bits per heavy atom. The van der Waals surface area contributed by atoms with Crippen LogP contribution in [0.4, 0.5) is 0 Å². The van der Waals surface area contributed by atoms with E-state index in [9.17, 15) is 4.79 Å². The molecule has 0 saturated heterocycles. The highest BCUT2D eigenvalue weighted by Crippen LogP contribution is 2.28. The summed E-state index contributed by atoms with van der Waals surface area (Å²) in [5, 5.41) is 4.49. The minimum atomic E-state index is -0.146. The van der Waals surface area contributed by atoms with Gasteiger partial charge in [-0.2, -0.15) is 4.33 Å². The van der Waals surface area contributed by atoms with Crippen molar-refractivity contribution >= 4 is 52.5 Å². The van der Waals surface area contributed by atoms with Gasteiger partial charge >= 0.3 is 0 Å². The molecule has 0 aliphatic heterocycles. The molecule has 0 saturated carbocycles. The summed E-state index contributed by atoms with van der Waals surface area (Å²) in [5.41, 5.74) is 1.64. The van der Waals surface area contributed by atoms with Gasteiger partial charge in [-0.05, 0) is 42.3 Å². The maximum absolute atomic E-state index is 12.4. The van der Waals surface area contributed by atoms with Gasteiger partial charge in [0.2, 0.25) is 5.16 Å². The number of thiophene rings is 1. The number of nitrogens with zero attached hydrogens (tertiary/aromatic N) is 2. The average molecular weight is 456 g/mol. The van der Waals surface area contributed by atoms with E-state index in [1.165, 1.54) is 18.4 Å². The lowest BCUT2D eigenvalue weighted by atomic mass is 10.1. The first kappa shape index (κ1) is 21.0. The Hall–Kier alpha value is -1.68. The normalized spacial score (nSPS) is 10.8. The zero-order valence-electron chi connectivity index (χ0n) is 14.6. The highest BCUT2D eigenvalue weighted by atomic mass is 35.5. The van der Waals surface area contributed by atoms with E-state index in [4.69, 9.17) is 27.5 Å². The molecule has 1 N–H and O–H groups in total. The molecule has 0 unspecified atom stereocenters. The van der Waals surface area contributed by atoms with Gasteiger partial charge in [0.15, 0.2) is 0 Å². The third-order valence-corrected chi connectivity index (χ3v) is 5.83. The average Bonchev–Trinajstić information content (AvgIpc) is 3.18. The van der Waals surface area contributed by atoms with Crippen molar-refractivity contribution in [3.8, 4) is 10.6 Å². The Bertz CT molecular complexity index is 969. The maximum Gasteiger partial charge on any atom is 0.261 e. The number of halogens is 2. The van der Waals surface area contributed by atoms with Crippen LogP contribution < -0.4 is 5.32 Å². The maximum atomic E-state index is 12.4. The second-order valence-electron chi connectivity index (χ2n) is 5.45. The lowest BCUT2D eigenvalue weighted by Crippen LogP contribution is -2.24. The monoisotopic (exact) mass is 455 g/mol. The fourth-order valence-electron chi connectivity index (χ4n) is 2.30. The highest BCUT2D eigenvalue weighted by Gasteiger charge is 2.12. The first-order valence-electron chi connectivity index (χ1n) is 8.09. The van der Waals surface area contributed by atoms with Gasteiger partial charge in [0.05, 0.1) is 22.6 Å². The van der Waals surface area contributed by atoms with E-state index in [0.29, 0.717) is 38.7 Å². The molecule has 0 aliphatic carbocycles. The van der Waals surface area contributed by atoms with Crippen LogP contribution in [0.15, 0.2) is 47.8 Å². The van der Waals surface area contributed by atoms with Crippen LogP contribution in [-0.2, 0) is 15.6 Å². The summed E-state index contributed by atoms with van der Waals surface area (Å²) < 4.78 is 4.76. The Labute approximate surface area is 180 Å². The number of benzene rings is 1. The van der Waals surface area contributed by atoms with Crippen LogP contribution in [0, 0.1) is 0 Å². The summed E-state index contributed by atoms with van der Waals surface area (Å²) in [5.74, 6) is -0.146. The Morgan fingerprint density at radius 1 is 1.25 bits per heavy atom. The fraction of sp³-hybridized carbons (Fsp3) is 0.167. The van der Waals surface area contributed by atoms with Crippen molar-refractivity contribution in [2.75, 3.05) is 13.7 Å². The number of hydrogen-bond donors (Lipinski definition) is 1. The number of carbonyl (C=O) groups is 1. The van der Waals surface area contributed by atoms with Crippen LogP contribution >= 0.6 is 46.6 Å². The van der Waals surface area contributed by atoms with Crippen LogP contribution in [0.1, 0.15) is 15.2 Å². The third kappa shape index (κ3) is 5.66. The smallest absolute Gasteiger partial charge is 0.261 e. The lowest BCUT2D eigenvalue weighted by Gasteiger charge is -2.06. The van der Waals surface area contributed by atoms with Crippen molar-refractivity contribution in [3.05, 3.63) is 63.1 Å². The predicted molar refractivity (Wildman–Crippen MR) is 112 cm³/mol. The van der Waals surface area contributed by atoms with Crippen LogP contribution in [0.3, 0.4) is 0 Å². The van der Waals surface area contributed by atoms with Gasteiger partial charge in [-0.25, -0.2) is 14.9 Å². The predicted octanol–water partition coefficient (Wildman–Crippen LogP) is 5.07. The topological polar surface area (TPSA) is 73.3 Å². The minimum Gasteiger partial charge on any atom is -0.351 e. The number of carbonyl (C=O) groups excluding carboxylic acids is 1. The molecule has 6 nitrogen and oxygen atoms in total. The summed E-state index contributed by atoms with van der Waals surface area (Å²) in [6, 6.07) is 10.7. The number of amides is 1. The van der Waals surface area contributed by atoms with Crippen LogP contribution in [0.5, 0.6) is 0 Å². The first-order valence-corrected chi connectivity index (χ1v) is 10.4. The van der Waals surface area contributed by atoms with Crippen molar-refractivity contribution < 1.29 is 14.0 Å². The summed E-state index contributed by atoms with van der Waals surface area (Å²) in [4.78, 5) is 26.8. The van der Waals surface area contributed by atoms with Crippen LogP contribution in [0.2, 0.25) is 10.0 Å². The zero-order chi connectivity index (χ0) is 19.9. The molecular weight excluding hydrogens is 441 g/mol. The summed E-state index contributed by atoms with van der Waals surface area (Å²) in [6.07, 6.45) is 2.24. The van der Waals surface area contributed by atoms with Gasteiger partial charge in [0, 0.05) is 22.8 Å². The van der Waals surface area contributed by atoms with Crippen molar-refractivity contribution in [2.24, 2.45) is 0 Å². The van der Waals surface area contributed by atoms with Gasteiger partial charge in [-0.3, -0.25) is 4.79 Å². The molecule has 1 amide bonds. The molecule has 0 atom stereocenters. The van der Waals surface area contributed by atoms with Crippen molar-refractivity contribution in [1.82, 2.24) is 15.3 Å². The second-order valence-corrected chi connectivity index (χ2v) is 8.04. The molecule has 0 aliphatic rings. The minimum absolute atomic E-state index is 0.146. The molecule has 2 heterocycles. The molecule has 0 spiro atoms. The Balaban J connectivity index is 1.59. The number of rotatable bonds is 8. The molecule has 3 rings (SSSR count). The van der Waals surface area contributed by atoms with Crippen LogP contribution in [0.25, 0.3) is 10.6 Å². The molecule has 0 radical (unpaired) electrons. The first-order chi connectivity index (χ1) is 13.6. The standard InChI is InChI=1S/C18H15Cl2N3O3S2/c1-25-26-28-18-22-9-7-14(23-18)15-4-5-16(27-15)17(24)21-8-6-11-2-3-12(19)10-13(11)20/h2-5,7,9-10H,6,8H2,1H3,(H,21,24). The van der Waals surface area contributed by atoms with Gasteiger partial charge in [-0.1, -0.05) is 29.3 Å². The SMILES string of the molecule is COOSc1nccc(-c2ccc(C(=O)NCCc3ccc(Cl)cc3Cl)s2)n1. The number of aromatic nitrogens is 2. The molecular formula is C18H15Cl2N3O3S2. The van der Waals surface area contributed by atoms with E-state index in [0.717, 1.165) is 22.5 Å². The van der Waals surface area contributed by atoms with Gasteiger partial charge in [0.25, 0.3) is 5.91 Å². The number of nitrogens with one attached hydrogen (secondary N) is 1. The molecule has 10 heteroatoms. The largest absolute Gasteiger partial charge is 0.351 e. The molecule has 2 aromatic heterocycles. The molecule has 1 aromatic carbocycles. The van der Waals surface area contributed by atoms with Gasteiger partial charge < -0.3 is 5.32 Å². The van der Waals surface area contributed by atoms with Gasteiger partial charge in [-0.15, -0.1) is 11.3 Å². The van der Waals surface area contributed by atoms with E-state index < -0.39 is 0 Å². The van der Waals surface area contributed by atoms with Crippen molar-refractivity contribution in [2.45, 2.75) is 11.6 Å². The van der Waals surface area contributed by atoms with Gasteiger partial charge in [0.1, 0.15) is 12.0 Å². The highest BCUT2D eigenvalue weighted by molar-refractivity contribution is 7.94. The summed E-state index contributed by atoms with van der Waals surface area (Å²) >= 11 is 14.3. The van der Waals surface area contributed by atoms with E-state index in [2.05, 4.69) is 20.2 Å². The van der Waals surface area contributed by atoms with Crippen molar-refractivity contribution in [3.63, 3.8) is 0 Å². The van der Waals surface area contributed by atoms with Crippen LogP contribution in [-0.4, -0.2) is 29.5 Å². The quantitative estimate of drug-likeness (QED) is 0.221. The van der Waals surface area contributed by atoms with E-state index >= 15 is 0 Å². The van der Waals surface area contributed by atoms with E-state index in [1.54, 1.807) is 30.5 Å². The Morgan fingerprint density at radius 3 is 2.89 bits per heavy atom.